The predicted octanol–water partition coefficient (Wildman–Crippen LogP) is 4.38. The topological polar surface area (TPSA) is 55.4 Å². The molecule has 0 radical (unpaired) electrons. The lowest BCUT2D eigenvalue weighted by Gasteiger charge is -2.20. The molecule has 1 aromatic carbocycles. The van der Waals surface area contributed by atoms with Gasteiger partial charge in [0.1, 0.15) is 0 Å². The van der Waals surface area contributed by atoms with Crippen molar-refractivity contribution in [3.63, 3.8) is 0 Å². The lowest BCUT2D eigenvalue weighted by molar-refractivity contribution is -0.142. The van der Waals surface area contributed by atoms with Crippen molar-refractivity contribution in [1.29, 1.82) is 0 Å². The van der Waals surface area contributed by atoms with Crippen LogP contribution in [0.25, 0.3) is 0 Å². The average Bonchev–Trinajstić information content (AvgIpc) is 2.50. The van der Waals surface area contributed by atoms with E-state index in [1.165, 1.54) is 6.08 Å². The molecule has 0 saturated heterocycles. The lowest BCUT2D eigenvalue weighted by Crippen LogP contribution is -2.22. The van der Waals surface area contributed by atoms with E-state index in [2.05, 4.69) is 33.0 Å². The molecule has 0 spiro atoms. The van der Waals surface area contributed by atoms with E-state index in [4.69, 9.17) is 4.74 Å². The number of hydrogen-bond acceptors (Lipinski definition) is 3. The first kappa shape index (κ1) is 18.9. The smallest absolute Gasteiger partial charge is 0.330 e. The Bertz CT molecular complexity index is 548. The molecule has 1 rings (SSSR count). The Morgan fingerprint density at radius 1 is 1.13 bits per heavy atom. The zero-order chi connectivity index (χ0) is 17.4. The standard InChI is InChI=1S/C19H27NO3/c1-6-7-11-18(22)23-12-17(21)20-19-15(13(2)3)9-8-10-16(19)14(4)5/h7-11,13-14H,6,12H2,1-5H3,(H,20,21)/b11-7+. The van der Waals surface area contributed by atoms with Gasteiger partial charge in [-0.1, -0.05) is 58.9 Å². The van der Waals surface area contributed by atoms with E-state index in [1.807, 2.05) is 25.1 Å². The summed E-state index contributed by atoms with van der Waals surface area (Å²) in [6.07, 6.45) is 3.79. The maximum Gasteiger partial charge on any atom is 0.330 e. The van der Waals surface area contributed by atoms with Crippen molar-refractivity contribution < 1.29 is 14.3 Å². The fraction of sp³-hybridized carbons (Fsp3) is 0.474. The molecule has 126 valence electrons. The third-order valence-electron chi connectivity index (χ3n) is 3.47. The van der Waals surface area contributed by atoms with Crippen molar-refractivity contribution in [1.82, 2.24) is 0 Å². The van der Waals surface area contributed by atoms with Gasteiger partial charge in [-0.2, -0.15) is 0 Å². The van der Waals surface area contributed by atoms with Crippen molar-refractivity contribution in [2.75, 3.05) is 11.9 Å². The van der Waals surface area contributed by atoms with Gasteiger partial charge in [0.2, 0.25) is 0 Å². The number of para-hydroxylation sites is 1. The van der Waals surface area contributed by atoms with Gasteiger partial charge in [0.25, 0.3) is 5.91 Å². The van der Waals surface area contributed by atoms with Crippen molar-refractivity contribution in [2.24, 2.45) is 0 Å². The van der Waals surface area contributed by atoms with E-state index in [0.29, 0.717) is 11.8 Å². The normalized spacial score (nSPS) is 11.3. The summed E-state index contributed by atoms with van der Waals surface area (Å²) in [4.78, 5) is 23.5. The second-order valence-electron chi connectivity index (χ2n) is 6.09. The summed E-state index contributed by atoms with van der Waals surface area (Å²) < 4.78 is 4.94. The third-order valence-corrected chi connectivity index (χ3v) is 3.47. The van der Waals surface area contributed by atoms with E-state index >= 15 is 0 Å². The number of carbonyl (C=O) groups is 2. The molecule has 0 aliphatic carbocycles. The molecule has 4 nitrogen and oxygen atoms in total. The van der Waals surface area contributed by atoms with Crippen LogP contribution in [-0.4, -0.2) is 18.5 Å². The monoisotopic (exact) mass is 317 g/mol. The molecule has 23 heavy (non-hydrogen) atoms. The van der Waals surface area contributed by atoms with Gasteiger partial charge >= 0.3 is 5.97 Å². The fourth-order valence-corrected chi connectivity index (χ4v) is 2.27. The number of carbonyl (C=O) groups excluding carboxylic acids is 2. The Morgan fingerprint density at radius 3 is 2.17 bits per heavy atom. The van der Waals surface area contributed by atoms with Gasteiger partial charge in [0.15, 0.2) is 6.61 Å². The van der Waals surface area contributed by atoms with E-state index < -0.39 is 5.97 Å². The molecule has 0 atom stereocenters. The summed E-state index contributed by atoms with van der Waals surface area (Å²) >= 11 is 0. The zero-order valence-electron chi connectivity index (χ0n) is 14.7. The largest absolute Gasteiger partial charge is 0.452 e. The highest BCUT2D eigenvalue weighted by Gasteiger charge is 2.16. The van der Waals surface area contributed by atoms with Gasteiger partial charge < -0.3 is 10.1 Å². The van der Waals surface area contributed by atoms with E-state index in [0.717, 1.165) is 23.2 Å². The molecule has 0 saturated carbocycles. The van der Waals surface area contributed by atoms with E-state index in [9.17, 15) is 9.59 Å². The van der Waals surface area contributed by atoms with Gasteiger partial charge in [-0.05, 0) is 29.4 Å². The number of nitrogens with one attached hydrogen (secondary N) is 1. The molecule has 0 heterocycles. The Hall–Kier alpha value is -2.10. The molecule has 0 unspecified atom stereocenters. The van der Waals surface area contributed by atoms with E-state index in [1.54, 1.807) is 6.08 Å². The first-order valence-electron chi connectivity index (χ1n) is 8.12. The first-order valence-corrected chi connectivity index (χ1v) is 8.12. The van der Waals surface area contributed by atoms with Crippen LogP contribution in [0.3, 0.4) is 0 Å². The quantitative estimate of drug-likeness (QED) is 0.599. The molecule has 0 fully saturated rings. The number of hydrogen-bond donors (Lipinski definition) is 1. The highest BCUT2D eigenvalue weighted by Crippen LogP contribution is 2.32. The Balaban J connectivity index is 2.84. The van der Waals surface area contributed by atoms with Crippen molar-refractivity contribution in [2.45, 2.75) is 52.9 Å². The summed E-state index contributed by atoms with van der Waals surface area (Å²) in [7, 11) is 0. The molecule has 1 aromatic rings. The second-order valence-corrected chi connectivity index (χ2v) is 6.09. The maximum atomic E-state index is 12.1. The number of benzene rings is 1. The molecule has 0 bridgehead atoms. The molecule has 4 heteroatoms. The number of amides is 1. The van der Waals surface area contributed by atoms with Crippen LogP contribution in [0, 0.1) is 0 Å². The highest BCUT2D eigenvalue weighted by atomic mass is 16.5. The fourth-order valence-electron chi connectivity index (χ4n) is 2.27. The van der Waals surface area contributed by atoms with E-state index in [-0.39, 0.29) is 12.5 Å². The Labute approximate surface area is 138 Å². The van der Waals surface area contributed by atoms with Gasteiger partial charge in [-0.15, -0.1) is 0 Å². The first-order chi connectivity index (χ1) is 10.9. The molecule has 0 aromatic heterocycles. The summed E-state index contributed by atoms with van der Waals surface area (Å²) in [5.41, 5.74) is 3.01. The second kappa shape index (κ2) is 9.13. The van der Waals surface area contributed by atoms with Crippen molar-refractivity contribution in [3.8, 4) is 0 Å². The van der Waals surface area contributed by atoms with Crippen LogP contribution in [0.2, 0.25) is 0 Å². The zero-order valence-corrected chi connectivity index (χ0v) is 14.7. The predicted molar refractivity (Wildman–Crippen MR) is 93.6 cm³/mol. The summed E-state index contributed by atoms with van der Waals surface area (Å²) in [6.45, 7) is 9.99. The maximum absolute atomic E-state index is 12.1. The third kappa shape index (κ3) is 5.89. The van der Waals surface area contributed by atoms with Crippen LogP contribution in [0.5, 0.6) is 0 Å². The summed E-state index contributed by atoms with van der Waals surface area (Å²) in [5, 5.41) is 2.91. The number of ether oxygens (including phenoxy) is 1. The van der Waals surface area contributed by atoms with Gasteiger partial charge in [0, 0.05) is 11.8 Å². The molecule has 0 aliphatic heterocycles. The number of allylic oxidation sites excluding steroid dienone is 1. The van der Waals surface area contributed by atoms with Crippen LogP contribution in [0.1, 0.15) is 64.0 Å². The molecule has 1 N–H and O–H groups in total. The van der Waals surface area contributed by atoms with Gasteiger partial charge in [-0.3, -0.25) is 4.79 Å². The summed E-state index contributed by atoms with van der Waals surface area (Å²) in [5.74, 6) is -0.237. The average molecular weight is 317 g/mol. The molecule has 0 aliphatic rings. The van der Waals surface area contributed by atoms with Crippen molar-refractivity contribution in [3.05, 3.63) is 41.5 Å². The SMILES string of the molecule is CC/C=C/C(=O)OCC(=O)Nc1c(C(C)C)cccc1C(C)C. The minimum atomic E-state index is -0.497. The van der Waals surface area contributed by atoms with Crippen LogP contribution >= 0.6 is 0 Å². The van der Waals surface area contributed by atoms with Gasteiger partial charge in [-0.25, -0.2) is 4.79 Å². The minimum absolute atomic E-state index is 0.281. The van der Waals surface area contributed by atoms with Crippen LogP contribution < -0.4 is 5.32 Å². The van der Waals surface area contributed by atoms with Gasteiger partial charge in [0.05, 0.1) is 0 Å². The summed E-state index contributed by atoms with van der Waals surface area (Å²) in [6, 6.07) is 6.04. The Morgan fingerprint density at radius 2 is 1.70 bits per heavy atom. The molecule has 1 amide bonds. The van der Waals surface area contributed by atoms with Crippen LogP contribution in [-0.2, 0) is 14.3 Å². The molecular formula is C19H27NO3. The number of esters is 1. The lowest BCUT2D eigenvalue weighted by atomic mass is 9.92. The minimum Gasteiger partial charge on any atom is -0.452 e. The molecular weight excluding hydrogens is 290 g/mol. The van der Waals surface area contributed by atoms with Crippen LogP contribution in [0.15, 0.2) is 30.4 Å². The Kier molecular flexibility index (Phi) is 7.52. The van der Waals surface area contributed by atoms with Crippen molar-refractivity contribution >= 4 is 17.6 Å². The van der Waals surface area contributed by atoms with Crippen LogP contribution in [0.4, 0.5) is 5.69 Å². The highest BCUT2D eigenvalue weighted by molar-refractivity contribution is 5.95. The number of rotatable bonds is 7. The number of anilines is 1.